The van der Waals surface area contributed by atoms with Crippen molar-refractivity contribution in [2.75, 3.05) is 11.4 Å². The summed E-state index contributed by atoms with van der Waals surface area (Å²) in [5, 5.41) is 0. The standard InChI is InChI=1S/C13H11F2NO3/c1-2-8-5-12(17)16(7-8)9-3-4-10-11(6-9)19-13(14,15)18-10/h2-4,6,8H,1,5,7H2. The summed E-state index contributed by atoms with van der Waals surface area (Å²) in [4.78, 5) is 13.4. The van der Waals surface area contributed by atoms with Crippen LogP contribution < -0.4 is 14.4 Å². The highest BCUT2D eigenvalue weighted by atomic mass is 19.3. The minimum atomic E-state index is -3.64. The van der Waals surface area contributed by atoms with Gasteiger partial charge in [0.1, 0.15) is 0 Å². The number of fused-ring (bicyclic) bond motifs is 1. The molecule has 4 nitrogen and oxygen atoms in total. The van der Waals surface area contributed by atoms with E-state index in [1.54, 1.807) is 12.1 Å². The summed E-state index contributed by atoms with van der Waals surface area (Å²) < 4.78 is 34.5. The first-order valence-corrected chi connectivity index (χ1v) is 5.81. The fourth-order valence-electron chi connectivity index (χ4n) is 2.25. The second-order valence-electron chi connectivity index (χ2n) is 4.50. The first-order chi connectivity index (χ1) is 8.98. The van der Waals surface area contributed by atoms with Gasteiger partial charge in [-0.15, -0.1) is 15.4 Å². The second kappa shape index (κ2) is 3.94. The number of nitrogens with zero attached hydrogens (tertiary/aromatic N) is 1. The molecule has 1 saturated heterocycles. The molecule has 0 aromatic heterocycles. The lowest BCUT2D eigenvalue weighted by Crippen LogP contribution is -2.26. The van der Waals surface area contributed by atoms with Crippen LogP contribution in [0.15, 0.2) is 30.9 Å². The quantitative estimate of drug-likeness (QED) is 0.773. The highest BCUT2D eigenvalue weighted by molar-refractivity contribution is 5.96. The molecule has 1 unspecified atom stereocenters. The number of hydrogen-bond acceptors (Lipinski definition) is 3. The maximum absolute atomic E-state index is 12.9. The maximum atomic E-state index is 12.9. The number of benzene rings is 1. The number of hydrogen-bond donors (Lipinski definition) is 0. The Bertz CT molecular complexity index is 559. The summed E-state index contributed by atoms with van der Waals surface area (Å²) in [6.45, 7) is 4.16. The minimum Gasteiger partial charge on any atom is -0.395 e. The topological polar surface area (TPSA) is 38.8 Å². The van der Waals surface area contributed by atoms with Crippen molar-refractivity contribution in [1.29, 1.82) is 0 Å². The van der Waals surface area contributed by atoms with Crippen LogP contribution in [0.1, 0.15) is 6.42 Å². The number of anilines is 1. The number of ether oxygens (including phenoxy) is 2. The molecule has 1 aromatic carbocycles. The zero-order chi connectivity index (χ0) is 13.6. The highest BCUT2D eigenvalue weighted by Gasteiger charge is 2.43. The molecule has 19 heavy (non-hydrogen) atoms. The van der Waals surface area contributed by atoms with Gasteiger partial charge in [-0.3, -0.25) is 4.79 Å². The van der Waals surface area contributed by atoms with Crippen molar-refractivity contribution >= 4 is 11.6 Å². The van der Waals surface area contributed by atoms with E-state index in [0.717, 1.165) is 0 Å². The molecule has 0 radical (unpaired) electrons. The summed E-state index contributed by atoms with van der Waals surface area (Å²) in [5.41, 5.74) is 0.523. The van der Waals surface area contributed by atoms with Gasteiger partial charge in [0.25, 0.3) is 0 Å². The van der Waals surface area contributed by atoms with E-state index in [1.807, 2.05) is 0 Å². The van der Waals surface area contributed by atoms with Crippen LogP contribution in [-0.2, 0) is 4.79 Å². The van der Waals surface area contributed by atoms with Crippen LogP contribution in [0.5, 0.6) is 11.5 Å². The Morgan fingerprint density at radius 3 is 2.79 bits per heavy atom. The first-order valence-electron chi connectivity index (χ1n) is 5.81. The summed E-state index contributed by atoms with van der Waals surface area (Å²) in [6, 6.07) is 4.33. The Kier molecular flexibility index (Phi) is 2.48. The zero-order valence-corrected chi connectivity index (χ0v) is 9.94. The molecule has 0 spiro atoms. The van der Waals surface area contributed by atoms with Crippen LogP contribution in [0.3, 0.4) is 0 Å². The number of carbonyl (C=O) groups is 1. The van der Waals surface area contributed by atoms with E-state index < -0.39 is 6.29 Å². The second-order valence-corrected chi connectivity index (χ2v) is 4.50. The Labute approximate surface area is 108 Å². The van der Waals surface area contributed by atoms with Gasteiger partial charge in [0.15, 0.2) is 11.5 Å². The molecule has 0 N–H and O–H groups in total. The fourth-order valence-corrected chi connectivity index (χ4v) is 2.25. The average molecular weight is 267 g/mol. The molecule has 1 fully saturated rings. The van der Waals surface area contributed by atoms with Gasteiger partial charge < -0.3 is 14.4 Å². The minimum absolute atomic E-state index is 0.0272. The van der Waals surface area contributed by atoms with E-state index in [9.17, 15) is 13.6 Å². The van der Waals surface area contributed by atoms with E-state index in [4.69, 9.17) is 0 Å². The number of carbonyl (C=O) groups excluding carboxylic acids is 1. The lowest BCUT2D eigenvalue weighted by molar-refractivity contribution is -0.286. The Balaban J connectivity index is 1.88. The van der Waals surface area contributed by atoms with Gasteiger partial charge in [-0.25, -0.2) is 0 Å². The normalized spacial score (nSPS) is 23.8. The molecule has 0 saturated carbocycles. The van der Waals surface area contributed by atoms with Gasteiger partial charge in [-0.2, -0.15) is 0 Å². The molecule has 3 rings (SSSR count). The van der Waals surface area contributed by atoms with Crippen molar-refractivity contribution in [3.05, 3.63) is 30.9 Å². The van der Waals surface area contributed by atoms with Crippen LogP contribution in [-0.4, -0.2) is 18.7 Å². The molecule has 6 heteroatoms. The van der Waals surface area contributed by atoms with E-state index in [1.165, 1.54) is 17.0 Å². The summed E-state index contributed by atoms with van der Waals surface area (Å²) in [7, 11) is 0. The lowest BCUT2D eigenvalue weighted by Gasteiger charge is -2.16. The SMILES string of the molecule is C=CC1CC(=O)N(c2ccc3c(c2)OC(F)(F)O3)C1. The van der Waals surface area contributed by atoms with Gasteiger partial charge in [-0.1, -0.05) is 6.08 Å². The molecule has 1 aromatic rings. The van der Waals surface area contributed by atoms with Gasteiger partial charge in [0.05, 0.1) is 0 Å². The molecule has 1 amide bonds. The zero-order valence-electron chi connectivity index (χ0n) is 9.94. The molecule has 2 aliphatic heterocycles. The van der Waals surface area contributed by atoms with Crippen LogP contribution in [0, 0.1) is 5.92 Å². The lowest BCUT2D eigenvalue weighted by atomic mass is 10.1. The molecule has 2 aliphatic rings. The molecule has 0 aliphatic carbocycles. The third-order valence-corrected chi connectivity index (χ3v) is 3.18. The van der Waals surface area contributed by atoms with Gasteiger partial charge >= 0.3 is 6.29 Å². The third-order valence-electron chi connectivity index (χ3n) is 3.18. The third kappa shape index (κ3) is 2.03. The Morgan fingerprint density at radius 1 is 1.37 bits per heavy atom. The number of halogens is 2. The number of alkyl halides is 2. The van der Waals surface area contributed by atoms with Crippen LogP contribution in [0.25, 0.3) is 0 Å². The van der Waals surface area contributed by atoms with Crippen molar-refractivity contribution < 1.29 is 23.0 Å². The van der Waals surface area contributed by atoms with Crippen molar-refractivity contribution in [3.8, 4) is 11.5 Å². The van der Waals surface area contributed by atoms with E-state index in [2.05, 4.69) is 16.1 Å². The molecular weight excluding hydrogens is 256 g/mol. The van der Waals surface area contributed by atoms with Crippen molar-refractivity contribution in [3.63, 3.8) is 0 Å². The van der Waals surface area contributed by atoms with Crippen LogP contribution in [0.4, 0.5) is 14.5 Å². The summed E-state index contributed by atoms with van der Waals surface area (Å²) in [5.74, 6) is -0.0621. The first kappa shape index (κ1) is 12.0. The van der Waals surface area contributed by atoms with Crippen molar-refractivity contribution in [2.24, 2.45) is 5.92 Å². The highest BCUT2D eigenvalue weighted by Crippen LogP contribution is 2.43. The number of rotatable bonds is 2. The molecule has 2 heterocycles. The molecule has 100 valence electrons. The van der Waals surface area contributed by atoms with Crippen LogP contribution >= 0.6 is 0 Å². The predicted molar refractivity (Wildman–Crippen MR) is 63.3 cm³/mol. The monoisotopic (exact) mass is 267 g/mol. The van der Waals surface area contributed by atoms with Crippen LogP contribution in [0.2, 0.25) is 0 Å². The maximum Gasteiger partial charge on any atom is 0.586 e. The predicted octanol–water partition coefficient (Wildman–Crippen LogP) is 2.55. The summed E-state index contributed by atoms with van der Waals surface area (Å²) in [6.07, 6.45) is -1.53. The summed E-state index contributed by atoms with van der Waals surface area (Å²) >= 11 is 0. The van der Waals surface area contributed by atoms with Gasteiger partial charge in [0.2, 0.25) is 5.91 Å². The molecule has 0 bridgehead atoms. The Morgan fingerprint density at radius 2 is 2.11 bits per heavy atom. The van der Waals surface area contributed by atoms with Crippen molar-refractivity contribution in [1.82, 2.24) is 0 Å². The number of amides is 1. The van der Waals surface area contributed by atoms with E-state index >= 15 is 0 Å². The Hall–Kier alpha value is -2.11. The largest absolute Gasteiger partial charge is 0.586 e. The average Bonchev–Trinajstić information content (AvgIpc) is 2.86. The van der Waals surface area contributed by atoms with Gasteiger partial charge in [-0.05, 0) is 12.1 Å². The van der Waals surface area contributed by atoms with E-state index in [0.29, 0.717) is 18.7 Å². The molecular formula is C13H11F2NO3. The fraction of sp³-hybridized carbons (Fsp3) is 0.308. The van der Waals surface area contributed by atoms with Crippen molar-refractivity contribution in [2.45, 2.75) is 12.7 Å². The molecule has 1 atom stereocenters. The smallest absolute Gasteiger partial charge is 0.395 e. The van der Waals surface area contributed by atoms with E-state index in [-0.39, 0.29) is 23.3 Å². The van der Waals surface area contributed by atoms with Gasteiger partial charge in [0, 0.05) is 30.6 Å².